The van der Waals surface area contributed by atoms with Crippen LogP contribution in [-0.2, 0) is 19.8 Å². The summed E-state index contributed by atoms with van der Waals surface area (Å²) in [7, 11) is 3.77. The Morgan fingerprint density at radius 1 is 1.35 bits per heavy atom. The van der Waals surface area contributed by atoms with E-state index in [0.29, 0.717) is 17.9 Å². The number of allylic oxidation sites excluding steroid dienone is 1. The van der Waals surface area contributed by atoms with Gasteiger partial charge >= 0.3 is 0 Å². The summed E-state index contributed by atoms with van der Waals surface area (Å²) >= 11 is 0. The van der Waals surface area contributed by atoms with Crippen LogP contribution in [0, 0.1) is 11.8 Å². The molecule has 0 aromatic heterocycles. The molecule has 1 aromatic carbocycles. The summed E-state index contributed by atoms with van der Waals surface area (Å²) in [5.41, 5.74) is 2.80. The van der Waals surface area contributed by atoms with Crippen molar-refractivity contribution in [1.82, 2.24) is 4.90 Å². The van der Waals surface area contributed by atoms with E-state index in [-0.39, 0.29) is 12.0 Å². The van der Waals surface area contributed by atoms with Crippen molar-refractivity contribution >= 4 is 11.6 Å². The van der Waals surface area contributed by atoms with Crippen molar-refractivity contribution in [2.45, 2.75) is 37.3 Å². The fourth-order valence-electron chi connectivity index (χ4n) is 6.01. The summed E-state index contributed by atoms with van der Waals surface area (Å²) in [5.74, 6) is 1.03. The predicted molar refractivity (Wildman–Crippen MR) is 98.7 cm³/mol. The highest BCUT2D eigenvalue weighted by molar-refractivity contribution is 6.07. The molecule has 4 heterocycles. The zero-order valence-electron chi connectivity index (χ0n) is 15.6. The quantitative estimate of drug-likeness (QED) is 0.727. The second-order valence-electron chi connectivity index (χ2n) is 8.15. The van der Waals surface area contributed by atoms with E-state index in [4.69, 9.17) is 9.57 Å². The lowest BCUT2D eigenvalue weighted by Gasteiger charge is -2.46. The Labute approximate surface area is 154 Å². The summed E-state index contributed by atoms with van der Waals surface area (Å²) in [6.07, 6.45) is 3.91. The monoisotopic (exact) mass is 354 g/mol. The summed E-state index contributed by atoms with van der Waals surface area (Å²) in [6.45, 7) is 3.88. The minimum Gasteiger partial charge on any atom is -0.376 e. The van der Waals surface area contributed by atoms with E-state index in [2.05, 4.69) is 31.0 Å². The molecule has 4 fully saturated rings. The number of rotatable bonds is 1. The highest BCUT2D eigenvalue weighted by atomic mass is 16.7. The van der Waals surface area contributed by atoms with Gasteiger partial charge in [-0.2, -0.15) is 5.06 Å². The summed E-state index contributed by atoms with van der Waals surface area (Å²) in [4.78, 5) is 21.6. The Balaban J connectivity index is 1.70. The van der Waals surface area contributed by atoms with Crippen molar-refractivity contribution in [3.05, 3.63) is 41.5 Å². The summed E-state index contributed by atoms with van der Waals surface area (Å²) in [6, 6.07) is 8.42. The molecule has 4 aliphatic heterocycles. The lowest BCUT2D eigenvalue weighted by atomic mass is 9.72. The summed E-state index contributed by atoms with van der Waals surface area (Å²) in [5, 5.41) is 1.48. The molecule has 1 amide bonds. The molecule has 1 aromatic rings. The second kappa shape index (κ2) is 5.65. The van der Waals surface area contributed by atoms with Gasteiger partial charge in [-0.1, -0.05) is 29.8 Å². The van der Waals surface area contributed by atoms with Crippen LogP contribution >= 0.6 is 0 Å². The van der Waals surface area contributed by atoms with E-state index < -0.39 is 5.41 Å². The maximum atomic E-state index is 13.6. The molecule has 5 aliphatic rings. The normalized spacial score (nSPS) is 40.3. The number of carbonyl (C=O) groups excluding carboxylic acids is 1. The largest absolute Gasteiger partial charge is 0.376 e. The van der Waals surface area contributed by atoms with Crippen LogP contribution in [-0.4, -0.2) is 50.3 Å². The van der Waals surface area contributed by atoms with Crippen LogP contribution in [0.5, 0.6) is 0 Å². The number of nitrogens with zero attached hydrogens (tertiary/aromatic N) is 2. The van der Waals surface area contributed by atoms with Gasteiger partial charge in [-0.15, -0.1) is 0 Å². The average molecular weight is 354 g/mol. The molecule has 1 spiro atoms. The third-order valence-corrected chi connectivity index (χ3v) is 7.25. The third-order valence-electron chi connectivity index (χ3n) is 7.25. The lowest BCUT2D eigenvalue weighted by Crippen LogP contribution is -2.50. The van der Waals surface area contributed by atoms with Gasteiger partial charge in [-0.05, 0) is 44.4 Å². The minimum absolute atomic E-state index is 0.0369. The molecule has 5 nitrogen and oxygen atoms in total. The van der Waals surface area contributed by atoms with Crippen LogP contribution in [0.25, 0.3) is 0 Å². The topological polar surface area (TPSA) is 42.0 Å². The van der Waals surface area contributed by atoms with Gasteiger partial charge in [0.25, 0.3) is 5.91 Å². The molecule has 0 radical (unpaired) electrons. The second-order valence-corrected chi connectivity index (χ2v) is 8.15. The zero-order chi connectivity index (χ0) is 18.1. The Morgan fingerprint density at radius 2 is 2.15 bits per heavy atom. The van der Waals surface area contributed by atoms with Crippen molar-refractivity contribution in [1.29, 1.82) is 0 Å². The maximum absolute atomic E-state index is 13.6. The Hall–Kier alpha value is -1.69. The molecule has 0 N–H and O–H groups in total. The Morgan fingerprint density at radius 3 is 2.92 bits per heavy atom. The summed E-state index contributed by atoms with van der Waals surface area (Å²) < 4.78 is 6.38. The van der Waals surface area contributed by atoms with E-state index in [1.807, 2.05) is 18.2 Å². The van der Waals surface area contributed by atoms with Gasteiger partial charge in [0, 0.05) is 18.5 Å². The highest BCUT2D eigenvalue weighted by Gasteiger charge is 2.63. The van der Waals surface area contributed by atoms with E-state index in [1.54, 1.807) is 7.11 Å². The van der Waals surface area contributed by atoms with Crippen LogP contribution in [0.15, 0.2) is 35.9 Å². The number of para-hydroxylation sites is 1. The average Bonchev–Trinajstić information content (AvgIpc) is 2.77. The molecular formula is C21H26N2O3. The van der Waals surface area contributed by atoms with Crippen LogP contribution < -0.4 is 5.06 Å². The van der Waals surface area contributed by atoms with E-state index >= 15 is 0 Å². The Kier molecular flexibility index (Phi) is 3.58. The molecule has 1 aliphatic carbocycles. The number of hydroxylamine groups is 1. The third kappa shape index (κ3) is 1.89. The number of likely N-dealkylation sites (N-methyl/N-ethyl adjacent to an activating group) is 1. The van der Waals surface area contributed by atoms with E-state index in [0.717, 1.165) is 37.2 Å². The van der Waals surface area contributed by atoms with Crippen LogP contribution in [0.2, 0.25) is 0 Å². The predicted octanol–water partition coefficient (Wildman–Crippen LogP) is 2.52. The molecule has 0 unspecified atom stereocenters. The molecule has 138 valence electrons. The molecule has 1 saturated carbocycles. The first-order valence-electron chi connectivity index (χ1n) is 9.57. The first-order chi connectivity index (χ1) is 12.6. The molecule has 5 heteroatoms. The fourth-order valence-corrected chi connectivity index (χ4v) is 6.01. The molecule has 5 atom stereocenters. The van der Waals surface area contributed by atoms with Gasteiger partial charge in [-0.25, -0.2) is 0 Å². The van der Waals surface area contributed by atoms with Gasteiger partial charge in [0.05, 0.1) is 25.5 Å². The van der Waals surface area contributed by atoms with Gasteiger partial charge in [0.15, 0.2) is 0 Å². The van der Waals surface area contributed by atoms with E-state index in [1.165, 1.54) is 10.6 Å². The number of likely N-dealkylation sites (tertiary alicyclic amines) is 1. The van der Waals surface area contributed by atoms with Crippen molar-refractivity contribution < 1.29 is 14.4 Å². The standard InChI is InChI=1S/C21H26N2O3/c1-4-13-11-22(2)18-10-21(19-9-14(13)15(18)12-26-19)16-7-5-6-8-17(16)23(25-3)20(21)24/h4-8,14-15,18-19H,9-12H2,1-3H3/b13-4+/t14-,15+,18-,19-,21-/m0/s1. The number of anilines is 1. The van der Waals surface area contributed by atoms with Gasteiger partial charge in [0.1, 0.15) is 5.41 Å². The number of fused-ring (bicyclic) bond motifs is 2. The lowest BCUT2D eigenvalue weighted by molar-refractivity contribution is -0.137. The number of piperidine rings is 1. The number of hydrogen-bond donors (Lipinski definition) is 0. The van der Waals surface area contributed by atoms with Crippen molar-refractivity contribution in [2.24, 2.45) is 11.8 Å². The molecule has 3 saturated heterocycles. The highest BCUT2D eigenvalue weighted by Crippen LogP contribution is 2.57. The fraction of sp³-hybridized carbons (Fsp3) is 0.571. The van der Waals surface area contributed by atoms with Crippen molar-refractivity contribution in [2.75, 3.05) is 32.4 Å². The Bertz CT molecular complexity index is 791. The van der Waals surface area contributed by atoms with E-state index in [9.17, 15) is 4.79 Å². The zero-order valence-corrected chi connectivity index (χ0v) is 15.6. The number of carbonyl (C=O) groups is 1. The number of hydrogen-bond acceptors (Lipinski definition) is 4. The molecule has 26 heavy (non-hydrogen) atoms. The first-order valence-corrected chi connectivity index (χ1v) is 9.57. The number of ether oxygens (including phenoxy) is 1. The van der Waals surface area contributed by atoms with Gasteiger partial charge in [0.2, 0.25) is 0 Å². The van der Waals surface area contributed by atoms with Gasteiger partial charge in [-0.3, -0.25) is 14.5 Å². The SMILES string of the molecule is C/C=C1\CN(C)[C@H]2C[C@@]3(C(=O)N(OC)c4ccccc43)[C@@H]3C[C@@H]1[C@H]2CO3. The molecule has 6 rings (SSSR count). The minimum atomic E-state index is -0.641. The van der Waals surface area contributed by atoms with Crippen molar-refractivity contribution in [3.63, 3.8) is 0 Å². The molecule has 4 bridgehead atoms. The van der Waals surface area contributed by atoms with Crippen LogP contribution in [0.1, 0.15) is 25.3 Å². The maximum Gasteiger partial charge on any atom is 0.264 e. The van der Waals surface area contributed by atoms with Crippen LogP contribution in [0.4, 0.5) is 5.69 Å². The molecular weight excluding hydrogens is 328 g/mol. The van der Waals surface area contributed by atoms with Crippen molar-refractivity contribution in [3.8, 4) is 0 Å². The first kappa shape index (κ1) is 16.5. The number of benzene rings is 1. The smallest absolute Gasteiger partial charge is 0.264 e. The van der Waals surface area contributed by atoms with Gasteiger partial charge < -0.3 is 4.74 Å². The van der Waals surface area contributed by atoms with Crippen LogP contribution in [0.3, 0.4) is 0 Å². The number of amides is 1.